The number of benzene rings is 2. The minimum atomic E-state index is -1.51. The van der Waals surface area contributed by atoms with Crippen LogP contribution in [0.3, 0.4) is 0 Å². The highest BCUT2D eigenvalue weighted by atomic mass is 16.5. The van der Waals surface area contributed by atoms with Gasteiger partial charge < -0.3 is 59.8 Å². The van der Waals surface area contributed by atoms with Crippen LogP contribution < -0.4 is 35.8 Å². The Morgan fingerprint density at radius 1 is 0.931 bits per heavy atom. The summed E-state index contributed by atoms with van der Waals surface area (Å²) in [5, 5.41) is 41.3. The summed E-state index contributed by atoms with van der Waals surface area (Å²) in [6.07, 6.45) is 8.26. The highest BCUT2D eigenvalue weighted by Gasteiger charge is 2.52. The first-order valence-electron chi connectivity index (χ1n) is 25.1. The summed E-state index contributed by atoms with van der Waals surface area (Å²) in [5.74, 6) is -1.47. The SMILES string of the molecule is CN(C)CCCC[C@H](NC(=O)C1(C(=O)O)CCC1)C(=O)Nc1ccc(COC(=O)Nc2nnc(-c3ccccc3O)cc2N2CCN(c3ccnc(OC4CC(OC5CCNCC5)C4)c3)C3(COC3)C2)cc1. The lowest BCUT2D eigenvalue weighted by molar-refractivity contribution is -0.162. The monoisotopic (exact) mass is 990 g/mol. The standard InChI is InChI=1S/C52H66N10O10/c1-60(2)23-6-5-9-41(56-48(65)52(49(66)67)18-7-19-52)47(64)55-35-13-11-34(12-14-35)30-70-50(68)57-46-43(29-42(58-59-46)40-8-3-4-10-44(40)63)61-24-25-62(51(31-61)32-69-33-51)36-15-22-54-45(26-36)72-39-27-38(28-39)71-37-16-20-53-21-17-37/h3-4,8,10-15,22,26,29,37-39,41,53,63H,5-7,9,16-21,23-25,27-28,30-33H2,1-2H3,(H,55,64)(H,56,65)(H,66,67)(H,57,59,68)/t38?,39?,41-/m0/s1. The Morgan fingerprint density at radius 3 is 2.40 bits per heavy atom. The van der Waals surface area contributed by atoms with Gasteiger partial charge in [-0.25, -0.2) is 9.78 Å². The molecule has 6 N–H and O–H groups in total. The number of nitrogens with zero attached hydrogens (tertiary/aromatic N) is 6. The number of carbonyl (C=O) groups is 4. The van der Waals surface area contributed by atoms with Crippen LogP contribution in [0.4, 0.5) is 27.7 Å². The number of carboxylic acids is 1. The van der Waals surface area contributed by atoms with Gasteiger partial charge in [-0.15, -0.1) is 10.2 Å². The molecule has 72 heavy (non-hydrogen) atoms. The van der Waals surface area contributed by atoms with Crippen molar-refractivity contribution in [2.24, 2.45) is 5.41 Å². The molecule has 0 bridgehead atoms. The topological polar surface area (TPSA) is 242 Å². The summed E-state index contributed by atoms with van der Waals surface area (Å²) < 4.78 is 24.2. The number of piperazine rings is 1. The second-order valence-electron chi connectivity index (χ2n) is 20.0. The first-order valence-corrected chi connectivity index (χ1v) is 25.1. The summed E-state index contributed by atoms with van der Waals surface area (Å²) in [6, 6.07) is 18.5. The molecule has 2 aromatic carbocycles. The number of unbranched alkanes of at least 4 members (excludes halogenated alkanes) is 1. The van der Waals surface area contributed by atoms with Crippen molar-refractivity contribution >= 4 is 46.8 Å². The van der Waals surface area contributed by atoms with Crippen molar-refractivity contribution in [3.63, 3.8) is 0 Å². The molecule has 2 aromatic heterocycles. The molecule has 4 aromatic rings. The molecule has 384 valence electrons. The highest BCUT2D eigenvalue weighted by molar-refractivity contribution is 6.05. The quantitative estimate of drug-likeness (QED) is 0.0494. The molecule has 0 radical (unpaired) electrons. The van der Waals surface area contributed by atoms with Gasteiger partial charge in [0.25, 0.3) is 0 Å². The number of carboxylic acid groups (broad SMARTS) is 1. The third kappa shape index (κ3) is 11.7. The van der Waals surface area contributed by atoms with E-state index < -0.39 is 40.9 Å². The van der Waals surface area contributed by atoms with Crippen LogP contribution in [0.5, 0.6) is 11.6 Å². The number of phenolic OH excluding ortho intramolecular Hbond substituents is 1. The summed E-state index contributed by atoms with van der Waals surface area (Å²) in [6.45, 7) is 5.31. The summed E-state index contributed by atoms with van der Waals surface area (Å²) in [4.78, 5) is 63.4. The average molecular weight is 991 g/mol. The maximum Gasteiger partial charge on any atom is 0.413 e. The fraction of sp³-hybridized carbons (Fsp3) is 0.519. The van der Waals surface area contributed by atoms with Crippen LogP contribution >= 0.6 is 0 Å². The third-order valence-electron chi connectivity index (χ3n) is 14.6. The largest absolute Gasteiger partial charge is 0.507 e. The number of rotatable bonds is 20. The lowest BCUT2D eigenvalue weighted by Crippen LogP contribution is -2.72. The Labute approximate surface area is 419 Å². The molecule has 20 heteroatoms. The molecule has 3 saturated heterocycles. The van der Waals surface area contributed by atoms with Crippen molar-refractivity contribution in [1.82, 2.24) is 30.7 Å². The van der Waals surface area contributed by atoms with Crippen molar-refractivity contribution in [3.05, 3.63) is 78.5 Å². The maximum atomic E-state index is 13.6. The van der Waals surface area contributed by atoms with Crippen LogP contribution in [-0.4, -0.2) is 151 Å². The molecule has 0 unspecified atom stereocenters. The number of carbonyl (C=O) groups excluding carboxylic acids is 3. The van der Waals surface area contributed by atoms with Crippen molar-refractivity contribution in [3.8, 4) is 22.9 Å². The summed E-state index contributed by atoms with van der Waals surface area (Å²) in [5.41, 5.74) is 1.65. The zero-order valence-corrected chi connectivity index (χ0v) is 41.0. The van der Waals surface area contributed by atoms with Gasteiger partial charge in [0.2, 0.25) is 17.7 Å². The normalized spacial score (nSPS) is 20.6. The van der Waals surface area contributed by atoms with Gasteiger partial charge in [0, 0.05) is 61.7 Å². The number of aliphatic carboxylic acids is 1. The predicted octanol–water partition coefficient (Wildman–Crippen LogP) is 5.18. The number of aromatic hydroxyl groups is 1. The van der Waals surface area contributed by atoms with Gasteiger partial charge in [-0.1, -0.05) is 30.7 Å². The molecule has 3 amide bonds. The molecule has 1 atom stereocenters. The second kappa shape index (κ2) is 22.4. The predicted molar refractivity (Wildman–Crippen MR) is 268 cm³/mol. The lowest BCUT2D eigenvalue weighted by Gasteiger charge is -2.56. The highest BCUT2D eigenvalue weighted by Crippen LogP contribution is 2.42. The number of amides is 3. The van der Waals surface area contributed by atoms with Crippen LogP contribution in [0.15, 0.2) is 72.9 Å². The van der Waals surface area contributed by atoms with Crippen LogP contribution in [0.2, 0.25) is 0 Å². The van der Waals surface area contributed by atoms with E-state index in [2.05, 4.69) is 46.2 Å². The van der Waals surface area contributed by atoms with Gasteiger partial charge in [-0.2, -0.15) is 0 Å². The Hall–Kier alpha value is -6.61. The van der Waals surface area contributed by atoms with E-state index >= 15 is 0 Å². The molecule has 2 aliphatic carbocycles. The number of nitrogens with one attached hydrogen (secondary N) is 4. The van der Waals surface area contributed by atoms with E-state index in [1.165, 1.54) is 0 Å². The van der Waals surface area contributed by atoms with E-state index in [9.17, 15) is 29.4 Å². The van der Waals surface area contributed by atoms with Crippen LogP contribution in [0.25, 0.3) is 11.3 Å². The molecule has 2 saturated carbocycles. The second-order valence-corrected chi connectivity index (χ2v) is 20.0. The van der Waals surface area contributed by atoms with Crippen LogP contribution in [-0.2, 0) is 35.2 Å². The zero-order chi connectivity index (χ0) is 50.2. The third-order valence-corrected chi connectivity index (χ3v) is 14.6. The van der Waals surface area contributed by atoms with Gasteiger partial charge in [-0.3, -0.25) is 19.7 Å². The van der Waals surface area contributed by atoms with Crippen LogP contribution in [0.1, 0.15) is 69.8 Å². The first kappa shape index (κ1) is 50.3. The van der Waals surface area contributed by atoms with Crippen molar-refractivity contribution < 1.29 is 48.3 Å². The fourth-order valence-corrected chi connectivity index (χ4v) is 10.0. The van der Waals surface area contributed by atoms with E-state index in [1.807, 2.05) is 37.2 Å². The number of para-hydroxylation sites is 1. The van der Waals surface area contributed by atoms with Gasteiger partial charge in [-0.05, 0) is 121 Å². The van der Waals surface area contributed by atoms with Crippen LogP contribution in [0, 0.1) is 5.41 Å². The number of piperidine rings is 1. The van der Waals surface area contributed by atoms with Crippen molar-refractivity contribution in [2.75, 3.05) is 87.0 Å². The molecule has 20 nitrogen and oxygen atoms in total. The first-order chi connectivity index (χ1) is 34.9. The Morgan fingerprint density at radius 2 is 1.71 bits per heavy atom. The lowest BCUT2D eigenvalue weighted by atomic mass is 9.68. The number of aromatic nitrogens is 3. The Bertz CT molecular complexity index is 2550. The zero-order valence-electron chi connectivity index (χ0n) is 41.0. The number of phenols is 1. The molecule has 3 aliphatic heterocycles. The van der Waals surface area contributed by atoms with Gasteiger partial charge in [0.1, 0.15) is 35.5 Å². The van der Waals surface area contributed by atoms with E-state index in [4.69, 9.17) is 18.9 Å². The van der Waals surface area contributed by atoms with E-state index in [1.54, 1.807) is 54.7 Å². The fourth-order valence-electron chi connectivity index (χ4n) is 10.0. The maximum absolute atomic E-state index is 13.6. The molecular formula is C52H66N10O10. The van der Waals surface area contributed by atoms with Crippen molar-refractivity contribution in [1.29, 1.82) is 0 Å². The van der Waals surface area contributed by atoms with E-state index in [-0.39, 0.29) is 43.2 Å². The molecule has 5 fully saturated rings. The minimum Gasteiger partial charge on any atom is -0.507 e. The number of ether oxygens (including phenoxy) is 4. The molecule has 5 heterocycles. The summed E-state index contributed by atoms with van der Waals surface area (Å²) in [7, 11) is 3.92. The van der Waals surface area contributed by atoms with E-state index in [0.717, 1.165) is 57.4 Å². The van der Waals surface area contributed by atoms with Gasteiger partial charge in [0.15, 0.2) is 5.82 Å². The minimum absolute atomic E-state index is 0.0411. The molecule has 9 rings (SSSR count). The van der Waals surface area contributed by atoms with E-state index in [0.29, 0.717) is 92.3 Å². The molecular weight excluding hydrogens is 925 g/mol. The van der Waals surface area contributed by atoms with Crippen molar-refractivity contribution in [2.45, 2.75) is 101 Å². The number of anilines is 4. The number of hydrogen-bond donors (Lipinski definition) is 6. The van der Waals surface area contributed by atoms with Gasteiger partial charge >= 0.3 is 12.1 Å². The Kier molecular flexibility index (Phi) is 15.7. The van der Waals surface area contributed by atoms with Gasteiger partial charge in [0.05, 0.1) is 36.8 Å². The average Bonchev–Trinajstić information content (AvgIpc) is 3.33. The number of hydrogen-bond acceptors (Lipinski definition) is 16. The molecule has 5 aliphatic rings. The number of pyridine rings is 1. The Balaban J connectivity index is 0.832. The summed E-state index contributed by atoms with van der Waals surface area (Å²) >= 11 is 0. The molecule has 1 spiro atoms. The smallest absolute Gasteiger partial charge is 0.413 e.